The van der Waals surface area contributed by atoms with Gasteiger partial charge in [0.15, 0.2) is 6.61 Å². The van der Waals surface area contributed by atoms with E-state index in [2.05, 4.69) is 15.5 Å². The van der Waals surface area contributed by atoms with Crippen molar-refractivity contribution in [1.29, 1.82) is 0 Å². The number of benzene rings is 1. The third kappa shape index (κ3) is 3.77. The SMILES string of the molecule is O=C(O)COc1ccc(NC(=O)c2ccnnc2)cc1. The number of carbonyl (C=O) groups is 2. The lowest BCUT2D eigenvalue weighted by atomic mass is 10.2. The zero-order valence-corrected chi connectivity index (χ0v) is 10.3. The maximum absolute atomic E-state index is 11.8. The summed E-state index contributed by atoms with van der Waals surface area (Å²) in [6.45, 7) is -0.408. The molecule has 0 saturated carbocycles. The van der Waals surface area contributed by atoms with Gasteiger partial charge in [-0.1, -0.05) is 0 Å². The third-order valence-corrected chi connectivity index (χ3v) is 2.32. The van der Waals surface area contributed by atoms with Gasteiger partial charge in [0.2, 0.25) is 0 Å². The predicted octanol–water partition coefficient (Wildman–Crippen LogP) is 1.19. The topological polar surface area (TPSA) is 101 Å². The van der Waals surface area contributed by atoms with Crippen molar-refractivity contribution in [2.75, 3.05) is 11.9 Å². The summed E-state index contributed by atoms with van der Waals surface area (Å²) < 4.78 is 4.98. The van der Waals surface area contributed by atoms with E-state index in [1.54, 1.807) is 30.3 Å². The van der Waals surface area contributed by atoms with Gasteiger partial charge in [-0.2, -0.15) is 10.2 Å². The number of rotatable bonds is 5. The van der Waals surface area contributed by atoms with E-state index in [-0.39, 0.29) is 5.91 Å². The summed E-state index contributed by atoms with van der Waals surface area (Å²) in [5.41, 5.74) is 0.959. The second-order valence-corrected chi connectivity index (χ2v) is 3.79. The highest BCUT2D eigenvalue weighted by molar-refractivity contribution is 6.03. The van der Waals surface area contributed by atoms with Crippen molar-refractivity contribution in [3.8, 4) is 5.75 Å². The molecule has 0 saturated heterocycles. The molecule has 20 heavy (non-hydrogen) atoms. The summed E-state index contributed by atoms with van der Waals surface area (Å²) in [5.74, 6) is -0.942. The molecule has 0 aliphatic heterocycles. The fraction of sp³-hybridized carbons (Fsp3) is 0.0769. The highest BCUT2D eigenvalue weighted by atomic mass is 16.5. The van der Waals surface area contributed by atoms with Crippen molar-refractivity contribution in [2.24, 2.45) is 0 Å². The highest BCUT2D eigenvalue weighted by Crippen LogP contribution is 2.16. The highest BCUT2D eigenvalue weighted by Gasteiger charge is 2.06. The minimum atomic E-state index is -1.05. The van der Waals surface area contributed by atoms with Crippen LogP contribution in [0, 0.1) is 0 Å². The molecule has 7 heteroatoms. The second kappa shape index (κ2) is 6.28. The molecular formula is C13H11N3O4. The number of nitrogens with zero attached hydrogens (tertiary/aromatic N) is 2. The number of hydrogen-bond donors (Lipinski definition) is 2. The number of aromatic nitrogens is 2. The molecule has 0 aliphatic rings. The van der Waals surface area contributed by atoms with Gasteiger partial charge in [0.1, 0.15) is 5.75 Å². The summed E-state index contributed by atoms with van der Waals surface area (Å²) in [7, 11) is 0. The first-order chi connectivity index (χ1) is 9.65. The van der Waals surface area contributed by atoms with Crippen molar-refractivity contribution >= 4 is 17.6 Å². The Balaban J connectivity index is 1.97. The number of aliphatic carboxylic acids is 1. The lowest BCUT2D eigenvalue weighted by Gasteiger charge is -2.06. The first-order valence-electron chi connectivity index (χ1n) is 5.68. The van der Waals surface area contributed by atoms with E-state index >= 15 is 0 Å². The first-order valence-corrected chi connectivity index (χ1v) is 5.68. The molecule has 7 nitrogen and oxygen atoms in total. The van der Waals surface area contributed by atoms with E-state index in [1.807, 2.05) is 0 Å². The van der Waals surface area contributed by atoms with E-state index in [0.29, 0.717) is 17.0 Å². The lowest BCUT2D eigenvalue weighted by molar-refractivity contribution is -0.139. The number of amides is 1. The van der Waals surface area contributed by atoms with Crippen molar-refractivity contribution in [1.82, 2.24) is 10.2 Å². The Morgan fingerprint density at radius 1 is 1.15 bits per heavy atom. The molecule has 0 bridgehead atoms. The largest absolute Gasteiger partial charge is 0.482 e. The van der Waals surface area contributed by atoms with Gasteiger partial charge < -0.3 is 15.2 Å². The summed E-state index contributed by atoms with van der Waals surface area (Å²) >= 11 is 0. The number of carbonyl (C=O) groups excluding carboxylic acids is 1. The Kier molecular flexibility index (Phi) is 4.23. The van der Waals surface area contributed by atoms with Gasteiger partial charge in [0, 0.05) is 5.69 Å². The average molecular weight is 273 g/mol. The third-order valence-electron chi connectivity index (χ3n) is 2.32. The molecule has 0 atom stereocenters. The van der Waals surface area contributed by atoms with E-state index < -0.39 is 12.6 Å². The minimum Gasteiger partial charge on any atom is -0.482 e. The summed E-state index contributed by atoms with van der Waals surface area (Å²) in [6.07, 6.45) is 2.79. The van der Waals surface area contributed by atoms with Crippen LogP contribution >= 0.6 is 0 Å². The fourth-order valence-corrected chi connectivity index (χ4v) is 1.41. The van der Waals surface area contributed by atoms with Crippen LogP contribution in [0.1, 0.15) is 10.4 Å². The molecule has 0 unspecified atom stereocenters. The van der Waals surface area contributed by atoms with Crippen LogP contribution in [0.3, 0.4) is 0 Å². The van der Waals surface area contributed by atoms with E-state index in [1.165, 1.54) is 12.4 Å². The van der Waals surface area contributed by atoms with Gasteiger partial charge in [-0.05, 0) is 30.3 Å². The predicted molar refractivity (Wildman–Crippen MR) is 69.6 cm³/mol. The van der Waals surface area contributed by atoms with Gasteiger partial charge in [-0.15, -0.1) is 0 Å². The Bertz CT molecular complexity index is 599. The number of hydrogen-bond acceptors (Lipinski definition) is 5. The van der Waals surface area contributed by atoms with E-state index in [0.717, 1.165) is 0 Å². The lowest BCUT2D eigenvalue weighted by Crippen LogP contribution is -2.12. The van der Waals surface area contributed by atoms with Crippen molar-refractivity contribution in [2.45, 2.75) is 0 Å². The van der Waals surface area contributed by atoms with Crippen LogP contribution in [-0.2, 0) is 4.79 Å². The van der Waals surface area contributed by atoms with Crippen LogP contribution < -0.4 is 10.1 Å². The summed E-state index contributed by atoms with van der Waals surface area (Å²) in [4.78, 5) is 22.2. The van der Waals surface area contributed by atoms with Crippen LogP contribution in [0.5, 0.6) is 5.75 Å². The van der Waals surface area contributed by atoms with Crippen LogP contribution in [0.15, 0.2) is 42.7 Å². The quantitative estimate of drug-likeness (QED) is 0.848. The zero-order chi connectivity index (χ0) is 14.4. The summed E-state index contributed by atoms with van der Waals surface area (Å²) in [5, 5.41) is 18.4. The van der Waals surface area contributed by atoms with Crippen LogP contribution in [-0.4, -0.2) is 33.8 Å². The Hall–Kier alpha value is -2.96. The molecule has 2 aromatic rings. The molecule has 1 heterocycles. The Morgan fingerprint density at radius 3 is 2.50 bits per heavy atom. The monoisotopic (exact) mass is 273 g/mol. The van der Waals surface area contributed by atoms with E-state index in [9.17, 15) is 9.59 Å². The van der Waals surface area contributed by atoms with Gasteiger partial charge in [0.05, 0.1) is 18.0 Å². The first kappa shape index (κ1) is 13.5. The van der Waals surface area contributed by atoms with E-state index in [4.69, 9.17) is 9.84 Å². The summed E-state index contributed by atoms with van der Waals surface area (Å²) in [6, 6.07) is 7.92. The van der Waals surface area contributed by atoms with Crippen molar-refractivity contribution in [3.63, 3.8) is 0 Å². The number of carboxylic acids is 1. The zero-order valence-electron chi connectivity index (χ0n) is 10.3. The van der Waals surface area contributed by atoms with Crippen molar-refractivity contribution in [3.05, 3.63) is 48.3 Å². The Labute approximate surface area is 114 Å². The van der Waals surface area contributed by atoms with Gasteiger partial charge >= 0.3 is 5.97 Å². The van der Waals surface area contributed by atoms with Crippen LogP contribution in [0.25, 0.3) is 0 Å². The molecule has 1 amide bonds. The maximum atomic E-state index is 11.8. The normalized spacial score (nSPS) is 9.80. The van der Waals surface area contributed by atoms with Gasteiger partial charge in [0.25, 0.3) is 5.91 Å². The van der Waals surface area contributed by atoms with Gasteiger partial charge in [-0.25, -0.2) is 4.79 Å². The molecule has 0 spiro atoms. The number of ether oxygens (including phenoxy) is 1. The molecule has 1 aromatic heterocycles. The number of anilines is 1. The second-order valence-electron chi connectivity index (χ2n) is 3.79. The average Bonchev–Trinajstić information content (AvgIpc) is 2.47. The fourth-order valence-electron chi connectivity index (χ4n) is 1.41. The molecule has 2 N–H and O–H groups in total. The molecule has 1 aromatic carbocycles. The van der Waals surface area contributed by atoms with Crippen molar-refractivity contribution < 1.29 is 19.4 Å². The Morgan fingerprint density at radius 2 is 1.90 bits per heavy atom. The standard InChI is InChI=1S/C13H11N3O4/c17-12(18)8-20-11-3-1-10(2-4-11)16-13(19)9-5-6-14-15-7-9/h1-7H,8H2,(H,16,19)(H,17,18). The maximum Gasteiger partial charge on any atom is 0.341 e. The van der Waals surface area contributed by atoms with Crippen LogP contribution in [0.2, 0.25) is 0 Å². The number of nitrogens with one attached hydrogen (secondary N) is 1. The molecular weight excluding hydrogens is 262 g/mol. The minimum absolute atomic E-state index is 0.306. The molecule has 0 aliphatic carbocycles. The molecule has 102 valence electrons. The molecule has 0 fully saturated rings. The molecule has 2 rings (SSSR count). The molecule has 0 radical (unpaired) electrons. The number of carboxylic acid groups (broad SMARTS) is 1. The smallest absolute Gasteiger partial charge is 0.341 e. The van der Waals surface area contributed by atoms with Gasteiger partial charge in [-0.3, -0.25) is 4.79 Å². The van der Waals surface area contributed by atoms with Crippen LogP contribution in [0.4, 0.5) is 5.69 Å².